The first-order chi connectivity index (χ1) is 11.1. The van der Waals surface area contributed by atoms with Crippen LogP contribution in [0.1, 0.15) is 18.5 Å². The first-order valence-corrected chi connectivity index (χ1v) is 8.03. The molecule has 0 spiro atoms. The standard InChI is InChI=1S/C16H26N4O3/c1-20(2)8-10-23-15-12-22-9-5-14(15)19-16(21)4-3-13-11-17-6-7-18-13/h6-7,11,14-15H,3-5,8-10,12H2,1-2H3,(H,19,21). The maximum Gasteiger partial charge on any atom is 0.220 e. The molecule has 1 aliphatic rings. The summed E-state index contributed by atoms with van der Waals surface area (Å²) in [5.41, 5.74) is 0.827. The number of amides is 1. The molecule has 1 aromatic heterocycles. The van der Waals surface area contributed by atoms with Crippen molar-refractivity contribution in [3.05, 3.63) is 24.3 Å². The van der Waals surface area contributed by atoms with Gasteiger partial charge >= 0.3 is 0 Å². The van der Waals surface area contributed by atoms with Gasteiger partial charge in [0.05, 0.1) is 24.9 Å². The van der Waals surface area contributed by atoms with E-state index in [0.717, 1.165) is 18.7 Å². The van der Waals surface area contributed by atoms with Gasteiger partial charge in [-0.05, 0) is 26.9 Å². The van der Waals surface area contributed by atoms with E-state index >= 15 is 0 Å². The second kappa shape index (κ2) is 9.54. The van der Waals surface area contributed by atoms with Gasteiger partial charge in [-0.25, -0.2) is 0 Å². The van der Waals surface area contributed by atoms with Crippen LogP contribution >= 0.6 is 0 Å². The highest BCUT2D eigenvalue weighted by Crippen LogP contribution is 2.12. The van der Waals surface area contributed by atoms with Crippen LogP contribution in [-0.2, 0) is 20.7 Å². The van der Waals surface area contributed by atoms with E-state index in [0.29, 0.717) is 32.7 Å². The minimum absolute atomic E-state index is 0.0141. The molecule has 23 heavy (non-hydrogen) atoms. The van der Waals surface area contributed by atoms with Crippen LogP contribution in [0.2, 0.25) is 0 Å². The monoisotopic (exact) mass is 322 g/mol. The molecule has 7 nitrogen and oxygen atoms in total. The Morgan fingerprint density at radius 2 is 2.35 bits per heavy atom. The summed E-state index contributed by atoms with van der Waals surface area (Å²) in [6, 6.07) is 0.0141. The molecular formula is C16H26N4O3. The van der Waals surface area contributed by atoms with Crippen LogP contribution in [-0.4, -0.2) is 73.4 Å². The number of carbonyl (C=O) groups excluding carboxylic acids is 1. The summed E-state index contributed by atoms with van der Waals surface area (Å²) in [5, 5.41) is 3.07. The van der Waals surface area contributed by atoms with Crippen molar-refractivity contribution in [1.29, 1.82) is 0 Å². The van der Waals surface area contributed by atoms with Gasteiger partial charge in [0.25, 0.3) is 0 Å². The van der Waals surface area contributed by atoms with E-state index in [9.17, 15) is 4.79 Å². The Bertz CT molecular complexity index is 470. The lowest BCUT2D eigenvalue weighted by molar-refractivity contribution is -0.126. The van der Waals surface area contributed by atoms with Crippen molar-refractivity contribution >= 4 is 5.91 Å². The van der Waals surface area contributed by atoms with E-state index in [4.69, 9.17) is 9.47 Å². The van der Waals surface area contributed by atoms with Gasteiger partial charge in [-0.2, -0.15) is 0 Å². The average molecular weight is 322 g/mol. The third kappa shape index (κ3) is 6.60. The van der Waals surface area contributed by atoms with Crippen molar-refractivity contribution < 1.29 is 14.3 Å². The molecule has 0 bridgehead atoms. The van der Waals surface area contributed by atoms with E-state index in [-0.39, 0.29) is 18.1 Å². The van der Waals surface area contributed by atoms with E-state index in [2.05, 4.69) is 20.2 Å². The molecule has 1 fully saturated rings. The van der Waals surface area contributed by atoms with Gasteiger partial charge in [-0.3, -0.25) is 14.8 Å². The van der Waals surface area contributed by atoms with Gasteiger partial charge < -0.3 is 19.7 Å². The Kier molecular flexibility index (Phi) is 7.38. The average Bonchev–Trinajstić information content (AvgIpc) is 2.55. The second-order valence-corrected chi connectivity index (χ2v) is 5.95. The number of hydrogen-bond acceptors (Lipinski definition) is 6. The number of carbonyl (C=O) groups is 1. The molecular weight excluding hydrogens is 296 g/mol. The molecule has 0 aromatic carbocycles. The van der Waals surface area contributed by atoms with Gasteiger partial charge in [-0.15, -0.1) is 0 Å². The Morgan fingerprint density at radius 1 is 1.48 bits per heavy atom. The third-order valence-electron chi connectivity index (χ3n) is 3.75. The Labute approximate surface area is 137 Å². The highest BCUT2D eigenvalue weighted by atomic mass is 16.5. The van der Waals surface area contributed by atoms with Crippen LogP contribution in [0.4, 0.5) is 0 Å². The minimum Gasteiger partial charge on any atom is -0.379 e. The molecule has 0 radical (unpaired) electrons. The summed E-state index contributed by atoms with van der Waals surface area (Å²) in [6.45, 7) is 2.67. The van der Waals surface area contributed by atoms with Crippen molar-refractivity contribution in [2.24, 2.45) is 0 Å². The van der Waals surface area contributed by atoms with Gasteiger partial charge in [0.2, 0.25) is 5.91 Å². The summed E-state index contributed by atoms with van der Waals surface area (Å²) in [4.78, 5) is 22.4. The molecule has 1 N–H and O–H groups in total. The smallest absolute Gasteiger partial charge is 0.220 e. The summed E-state index contributed by atoms with van der Waals surface area (Å²) >= 11 is 0. The Hall–Kier alpha value is -1.57. The number of ether oxygens (including phenoxy) is 2. The number of likely N-dealkylation sites (N-methyl/N-ethyl adjacent to an activating group) is 1. The zero-order valence-corrected chi connectivity index (χ0v) is 13.9. The molecule has 0 aliphatic carbocycles. The molecule has 128 valence electrons. The maximum atomic E-state index is 12.1. The third-order valence-corrected chi connectivity index (χ3v) is 3.75. The lowest BCUT2D eigenvalue weighted by Gasteiger charge is -2.32. The summed E-state index contributed by atoms with van der Waals surface area (Å²) < 4.78 is 11.3. The Morgan fingerprint density at radius 3 is 3.09 bits per heavy atom. The van der Waals surface area contributed by atoms with Crippen LogP contribution < -0.4 is 5.32 Å². The lowest BCUT2D eigenvalue weighted by Crippen LogP contribution is -2.50. The van der Waals surface area contributed by atoms with Crippen LogP contribution in [0.5, 0.6) is 0 Å². The van der Waals surface area contributed by atoms with E-state index in [1.54, 1.807) is 18.6 Å². The highest BCUT2D eigenvalue weighted by Gasteiger charge is 2.27. The van der Waals surface area contributed by atoms with Crippen LogP contribution in [0.15, 0.2) is 18.6 Å². The number of aryl methyl sites for hydroxylation is 1. The molecule has 1 aliphatic heterocycles. The molecule has 2 rings (SSSR count). The summed E-state index contributed by atoms with van der Waals surface area (Å²) in [7, 11) is 4.01. The normalized spacial score (nSPS) is 21.3. The maximum absolute atomic E-state index is 12.1. The molecule has 2 atom stereocenters. The van der Waals surface area contributed by atoms with Crippen molar-refractivity contribution in [2.45, 2.75) is 31.4 Å². The molecule has 1 aromatic rings. The van der Waals surface area contributed by atoms with Crippen molar-refractivity contribution in [2.75, 3.05) is 40.5 Å². The predicted octanol–water partition coefficient (Wildman–Crippen LogP) is 0.261. The van der Waals surface area contributed by atoms with Gasteiger partial charge in [-0.1, -0.05) is 0 Å². The molecule has 0 saturated carbocycles. The van der Waals surface area contributed by atoms with E-state index in [1.165, 1.54) is 0 Å². The zero-order valence-electron chi connectivity index (χ0n) is 13.9. The summed E-state index contributed by atoms with van der Waals surface area (Å²) in [6.07, 6.45) is 6.65. The number of nitrogens with zero attached hydrogens (tertiary/aromatic N) is 3. The van der Waals surface area contributed by atoms with Gasteiger partial charge in [0.1, 0.15) is 6.10 Å². The SMILES string of the molecule is CN(C)CCOC1COCCC1NC(=O)CCc1cnccn1. The number of rotatable bonds is 8. The predicted molar refractivity (Wildman–Crippen MR) is 86.0 cm³/mol. The zero-order chi connectivity index (χ0) is 16.5. The first kappa shape index (κ1) is 17.8. The quantitative estimate of drug-likeness (QED) is 0.740. The molecule has 2 unspecified atom stereocenters. The van der Waals surface area contributed by atoms with Gasteiger partial charge in [0, 0.05) is 38.2 Å². The van der Waals surface area contributed by atoms with E-state index in [1.807, 2.05) is 14.1 Å². The van der Waals surface area contributed by atoms with Crippen molar-refractivity contribution in [3.63, 3.8) is 0 Å². The molecule has 1 amide bonds. The van der Waals surface area contributed by atoms with Crippen molar-refractivity contribution in [1.82, 2.24) is 20.2 Å². The van der Waals surface area contributed by atoms with Gasteiger partial charge in [0.15, 0.2) is 0 Å². The fourth-order valence-corrected chi connectivity index (χ4v) is 2.41. The molecule has 2 heterocycles. The Balaban J connectivity index is 1.75. The number of aromatic nitrogens is 2. The number of nitrogens with one attached hydrogen (secondary N) is 1. The largest absolute Gasteiger partial charge is 0.379 e. The van der Waals surface area contributed by atoms with Crippen LogP contribution in [0.3, 0.4) is 0 Å². The highest BCUT2D eigenvalue weighted by molar-refractivity contribution is 5.76. The molecule has 1 saturated heterocycles. The lowest BCUT2D eigenvalue weighted by atomic mass is 10.1. The van der Waals surface area contributed by atoms with Crippen LogP contribution in [0.25, 0.3) is 0 Å². The van der Waals surface area contributed by atoms with E-state index < -0.39 is 0 Å². The topological polar surface area (TPSA) is 76.6 Å². The summed E-state index contributed by atoms with van der Waals surface area (Å²) in [5.74, 6) is 0.0174. The molecule has 7 heteroatoms. The fraction of sp³-hybridized carbons (Fsp3) is 0.688. The van der Waals surface area contributed by atoms with Crippen molar-refractivity contribution in [3.8, 4) is 0 Å². The van der Waals surface area contributed by atoms with Crippen LogP contribution in [0, 0.1) is 0 Å². The fourth-order valence-electron chi connectivity index (χ4n) is 2.41. The minimum atomic E-state index is -0.0795. The first-order valence-electron chi connectivity index (χ1n) is 8.03. The number of hydrogen-bond donors (Lipinski definition) is 1. The second-order valence-electron chi connectivity index (χ2n) is 5.95.